The van der Waals surface area contributed by atoms with Gasteiger partial charge in [0.25, 0.3) is 0 Å². The van der Waals surface area contributed by atoms with Crippen LogP contribution in [0.3, 0.4) is 0 Å². The van der Waals surface area contributed by atoms with Crippen LogP contribution >= 0.6 is 0 Å². The maximum atomic E-state index is 13.1. The smallest absolute Gasteiger partial charge is 0.407 e. The van der Waals surface area contributed by atoms with Crippen molar-refractivity contribution in [2.75, 3.05) is 6.61 Å². The number of hydrogen-bond acceptors (Lipinski definition) is 4. The van der Waals surface area contributed by atoms with Crippen LogP contribution in [0.4, 0.5) is 4.79 Å². The predicted octanol–water partition coefficient (Wildman–Crippen LogP) is 5.09. The van der Waals surface area contributed by atoms with Gasteiger partial charge in [-0.05, 0) is 54.4 Å². The monoisotopic (exact) mass is 480 g/mol. The second-order valence-corrected chi connectivity index (χ2v) is 11.1. The molecule has 0 saturated carbocycles. The topological polar surface area (TPSA) is 105 Å². The molecule has 7 heteroatoms. The molecule has 7 nitrogen and oxygen atoms in total. The fraction of sp³-hybridized carbons (Fsp3) is 0.464. The summed E-state index contributed by atoms with van der Waals surface area (Å²) in [6.45, 7) is 9.67. The Labute approximate surface area is 207 Å². The predicted molar refractivity (Wildman–Crippen MR) is 135 cm³/mol. The lowest BCUT2D eigenvalue weighted by atomic mass is 9.87. The molecule has 0 spiro atoms. The van der Waals surface area contributed by atoms with E-state index in [1.807, 2.05) is 45.0 Å². The maximum Gasteiger partial charge on any atom is 0.407 e. The largest absolute Gasteiger partial charge is 0.481 e. The maximum absolute atomic E-state index is 13.1. The van der Waals surface area contributed by atoms with Crippen molar-refractivity contribution < 1.29 is 24.2 Å². The Bertz CT molecular complexity index is 1040. The number of carboxylic acids is 1. The van der Waals surface area contributed by atoms with Gasteiger partial charge >= 0.3 is 12.1 Å². The van der Waals surface area contributed by atoms with E-state index in [2.05, 4.69) is 34.9 Å². The fourth-order valence-electron chi connectivity index (χ4n) is 4.51. The highest BCUT2D eigenvalue weighted by atomic mass is 16.5. The molecule has 0 heterocycles. The van der Waals surface area contributed by atoms with Gasteiger partial charge < -0.3 is 20.5 Å². The van der Waals surface area contributed by atoms with Gasteiger partial charge in [0.15, 0.2) is 0 Å². The van der Waals surface area contributed by atoms with E-state index >= 15 is 0 Å². The number of alkyl carbamates (subject to hydrolysis) is 1. The zero-order valence-corrected chi connectivity index (χ0v) is 21.2. The molecule has 1 atom stereocenters. The summed E-state index contributed by atoms with van der Waals surface area (Å²) in [7, 11) is 0. The first-order valence-corrected chi connectivity index (χ1v) is 12.0. The van der Waals surface area contributed by atoms with Gasteiger partial charge in [-0.15, -0.1) is 0 Å². The lowest BCUT2D eigenvalue weighted by Gasteiger charge is -2.31. The Morgan fingerprint density at radius 2 is 1.49 bits per heavy atom. The van der Waals surface area contributed by atoms with Gasteiger partial charge in [0.05, 0.1) is 0 Å². The van der Waals surface area contributed by atoms with Gasteiger partial charge in [-0.3, -0.25) is 9.59 Å². The molecule has 1 aliphatic carbocycles. The van der Waals surface area contributed by atoms with Crippen LogP contribution in [-0.2, 0) is 14.3 Å². The molecular formula is C28H36N2O5. The Balaban J connectivity index is 1.67. The molecule has 2 aromatic rings. The number of carbonyl (C=O) groups excluding carboxylic acids is 2. The highest BCUT2D eigenvalue weighted by molar-refractivity contribution is 5.86. The van der Waals surface area contributed by atoms with Gasteiger partial charge in [0, 0.05) is 17.9 Å². The third-order valence-electron chi connectivity index (χ3n) is 6.19. The van der Waals surface area contributed by atoms with E-state index in [0.717, 1.165) is 22.3 Å². The molecule has 2 aromatic carbocycles. The van der Waals surface area contributed by atoms with E-state index in [1.165, 1.54) is 0 Å². The zero-order chi connectivity index (χ0) is 25.8. The number of benzene rings is 2. The van der Waals surface area contributed by atoms with Crippen molar-refractivity contribution in [3.8, 4) is 11.1 Å². The van der Waals surface area contributed by atoms with E-state index in [4.69, 9.17) is 9.84 Å². The van der Waals surface area contributed by atoms with Gasteiger partial charge in [0.1, 0.15) is 12.6 Å². The number of carboxylic acid groups (broad SMARTS) is 1. The molecule has 1 aliphatic rings. The van der Waals surface area contributed by atoms with E-state index in [9.17, 15) is 14.4 Å². The SMILES string of the molecule is CC(C)(C)CC(NC(=O)OCC1c2ccccc2-c2ccccc21)C(=O)NC(C)(C)CCC(=O)O. The van der Waals surface area contributed by atoms with Crippen LogP contribution in [0.5, 0.6) is 0 Å². The van der Waals surface area contributed by atoms with E-state index in [1.54, 1.807) is 13.8 Å². The van der Waals surface area contributed by atoms with Gasteiger partial charge in [0.2, 0.25) is 5.91 Å². The van der Waals surface area contributed by atoms with E-state index in [-0.39, 0.29) is 36.7 Å². The van der Waals surface area contributed by atoms with Gasteiger partial charge in [-0.1, -0.05) is 69.3 Å². The lowest BCUT2D eigenvalue weighted by molar-refractivity contribution is -0.138. The first kappa shape index (κ1) is 26.3. The molecule has 0 radical (unpaired) electrons. The fourth-order valence-corrected chi connectivity index (χ4v) is 4.51. The summed E-state index contributed by atoms with van der Waals surface area (Å²) in [6.07, 6.45) is -0.0318. The Morgan fingerprint density at radius 1 is 0.943 bits per heavy atom. The first-order valence-electron chi connectivity index (χ1n) is 12.0. The highest BCUT2D eigenvalue weighted by Crippen LogP contribution is 2.44. The van der Waals surface area contributed by atoms with Crippen molar-refractivity contribution in [2.45, 2.75) is 71.4 Å². The molecule has 0 aromatic heterocycles. The molecule has 0 fully saturated rings. The Morgan fingerprint density at radius 3 is 2.00 bits per heavy atom. The third-order valence-corrected chi connectivity index (χ3v) is 6.19. The molecule has 0 aliphatic heterocycles. The van der Waals surface area contributed by atoms with Crippen molar-refractivity contribution in [2.24, 2.45) is 5.41 Å². The number of nitrogens with one attached hydrogen (secondary N) is 2. The molecule has 0 saturated heterocycles. The number of aliphatic carboxylic acids is 1. The number of ether oxygens (including phenoxy) is 1. The van der Waals surface area contributed by atoms with Crippen LogP contribution < -0.4 is 10.6 Å². The first-order chi connectivity index (χ1) is 16.4. The summed E-state index contributed by atoms with van der Waals surface area (Å²) < 4.78 is 5.64. The van der Waals surface area contributed by atoms with Crippen molar-refractivity contribution in [1.29, 1.82) is 0 Å². The summed E-state index contributed by atoms with van der Waals surface area (Å²) in [5, 5.41) is 14.6. The normalized spacial score (nSPS) is 14.0. The second kappa shape index (κ2) is 10.5. The van der Waals surface area contributed by atoms with Crippen LogP contribution in [0.2, 0.25) is 0 Å². The van der Waals surface area contributed by atoms with E-state index in [0.29, 0.717) is 6.42 Å². The third kappa shape index (κ3) is 7.07. The highest BCUT2D eigenvalue weighted by Gasteiger charge is 2.32. The summed E-state index contributed by atoms with van der Waals surface area (Å²) in [5.41, 5.74) is 3.56. The summed E-state index contributed by atoms with van der Waals surface area (Å²) in [5.74, 6) is -1.35. The average Bonchev–Trinajstić information content (AvgIpc) is 3.08. The zero-order valence-electron chi connectivity index (χ0n) is 21.2. The Kier molecular flexibility index (Phi) is 7.88. The van der Waals surface area contributed by atoms with Crippen LogP contribution in [0.25, 0.3) is 11.1 Å². The molecule has 35 heavy (non-hydrogen) atoms. The van der Waals surface area contributed by atoms with Crippen molar-refractivity contribution in [3.05, 3.63) is 59.7 Å². The standard InChI is InChI=1S/C28H36N2O5/c1-27(2,3)16-23(25(33)30-28(4,5)15-14-24(31)32)29-26(34)35-17-22-20-12-8-6-10-18(20)19-11-7-9-13-21(19)22/h6-13,22-23H,14-17H2,1-5H3,(H,29,34)(H,30,33)(H,31,32). The summed E-state index contributed by atoms with van der Waals surface area (Å²) in [6, 6.07) is 15.4. The second-order valence-electron chi connectivity index (χ2n) is 11.1. The minimum Gasteiger partial charge on any atom is -0.481 e. The van der Waals surface area contributed by atoms with Crippen LogP contribution in [0.15, 0.2) is 48.5 Å². The summed E-state index contributed by atoms with van der Waals surface area (Å²) in [4.78, 5) is 36.8. The number of carbonyl (C=O) groups is 3. The van der Waals surface area contributed by atoms with Gasteiger partial charge in [-0.2, -0.15) is 0 Å². The number of rotatable bonds is 9. The van der Waals surface area contributed by atoms with Crippen LogP contribution in [0.1, 0.15) is 70.9 Å². The number of fused-ring (bicyclic) bond motifs is 3. The van der Waals surface area contributed by atoms with Crippen LogP contribution in [-0.4, -0.2) is 41.3 Å². The molecule has 2 amide bonds. The molecule has 3 rings (SSSR count). The number of amides is 2. The van der Waals surface area contributed by atoms with Crippen molar-refractivity contribution in [1.82, 2.24) is 10.6 Å². The quantitative estimate of drug-likeness (QED) is 0.464. The molecule has 188 valence electrons. The minimum absolute atomic E-state index is 0.0585. The summed E-state index contributed by atoms with van der Waals surface area (Å²) >= 11 is 0. The molecule has 1 unspecified atom stereocenters. The molecule has 0 bridgehead atoms. The molecular weight excluding hydrogens is 444 g/mol. The average molecular weight is 481 g/mol. The van der Waals surface area contributed by atoms with Crippen LogP contribution in [0, 0.1) is 5.41 Å². The number of hydrogen-bond donors (Lipinski definition) is 3. The van der Waals surface area contributed by atoms with Crippen molar-refractivity contribution >= 4 is 18.0 Å². The van der Waals surface area contributed by atoms with Crippen molar-refractivity contribution in [3.63, 3.8) is 0 Å². The van der Waals surface area contributed by atoms with E-state index < -0.39 is 23.6 Å². The lowest BCUT2D eigenvalue weighted by Crippen LogP contribution is -2.54. The minimum atomic E-state index is -0.921. The Hall–Kier alpha value is -3.35. The van der Waals surface area contributed by atoms with Gasteiger partial charge in [-0.25, -0.2) is 4.79 Å². The molecule has 3 N–H and O–H groups in total.